The van der Waals surface area contributed by atoms with E-state index in [-0.39, 0.29) is 0 Å². The van der Waals surface area contributed by atoms with Crippen LogP contribution in [0.3, 0.4) is 0 Å². The summed E-state index contributed by atoms with van der Waals surface area (Å²) in [5, 5.41) is 0. The standard InChI is InChI=1S/C13H19N3O/c1-4-16(8-9(2)3)13-15-12-10(14)6-5-7-11(12)17-13/h5-7,9H,4,8,14H2,1-3H3. The molecule has 1 heterocycles. The molecule has 0 aliphatic heterocycles. The molecule has 0 bridgehead atoms. The molecule has 0 aliphatic rings. The van der Waals surface area contributed by atoms with Crippen molar-refractivity contribution in [1.82, 2.24) is 4.98 Å². The lowest BCUT2D eigenvalue weighted by molar-refractivity contribution is 0.534. The zero-order chi connectivity index (χ0) is 12.4. The van der Waals surface area contributed by atoms with E-state index in [2.05, 4.69) is 30.7 Å². The lowest BCUT2D eigenvalue weighted by Gasteiger charge is -2.20. The highest BCUT2D eigenvalue weighted by Gasteiger charge is 2.14. The van der Waals surface area contributed by atoms with Gasteiger partial charge in [-0.15, -0.1) is 0 Å². The third-order valence-corrected chi connectivity index (χ3v) is 2.68. The number of hydrogen-bond acceptors (Lipinski definition) is 4. The van der Waals surface area contributed by atoms with Gasteiger partial charge in [-0.05, 0) is 25.0 Å². The summed E-state index contributed by atoms with van der Waals surface area (Å²) in [6.07, 6.45) is 0. The second-order valence-corrected chi connectivity index (χ2v) is 4.62. The van der Waals surface area contributed by atoms with E-state index in [9.17, 15) is 0 Å². The maximum Gasteiger partial charge on any atom is 0.298 e. The van der Waals surface area contributed by atoms with Gasteiger partial charge in [0.05, 0.1) is 5.69 Å². The van der Waals surface area contributed by atoms with Crippen molar-refractivity contribution < 1.29 is 4.42 Å². The number of rotatable bonds is 4. The number of fused-ring (bicyclic) bond motifs is 1. The number of anilines is 2. The van der Waals surface area contributed by atoms with Gasteiger partial charge < -0.3 is 15.1 Å². The van der Waals surface area contributed by atoms with Crippen molar-refractivity contribution in [3.05, 3.63) is 18.2 Å². The second-order valence-electron chi connectivity index (χ2n) is 4.62. The Hall–Kier alpha value is -1.71. The summed E-state index contributed by atoms with van der Waals surface area (Å²) in [7, 11) is 0. The van der Waals surface area contributed by atoms with Gasteiger partial charge in [0.1, 0.15) is 5.52 Å². The summed E-state index contributed by atoms with van der Waals surface area (Å²) in [6.45, 7) is 8.27. The van der Waals surface area contributed by atoms with Crippen LogP contribution in [-0.4, -0.2) is 18.1 Å². The maximum absolute atomic E-state index is 5.87. The normalized spacial score (nSPS) is 11.3. The number of nitrogens with two attached hydrogens (primary N) is 1. The van der Waals surface area contributed by atoms with Crippen molar-refractivity contribution in [2.24, 2.45) is 5.92 Å². The van der Waals surface area contributed by atoms with Crippen molar-refractivity contribution >= 4 is 22.8 Å². The van der Waals surface area contributed by atoms with Gasteiger partial charge in [-0.1, -0.05) is 19.9 Å². The minimum absolute atomic E-state index is 0.572. The first-order chi connectivity index (χ1) is 8.11. The van der Waals surface area contributed by atoms with Crippen LogP contribution >= 0.6 is 0 Å². The molecule has 0 unspecified atom stereocenters. The molecule has 2 N–H and O–H groups in total. The summed E-state index contributed by atoms with van der Waals surface area (Å²) in [5.41, 5.74) is 8.04. The van der Waals surface area contributed by atoms with Crippen LogP contribution in [0, 0.1) is 5.92 Å². The highest BCUT2D eigenvalue weighted by Crippen LogP contribution is 2.26. The van der Waals surface area contributed by atoms with Gasteiger partial charge in [-0.3, -0.25) is 0 Å². The number of hydrogen-bond donors (Lipinski definition) is 1. The molecular weight excluding hydrogens is 214 g/mol. The Balaban J connectivity index is 2.37. The average molecular weight is 233 g/mol. The molecule has 4 heteroatoms. The van der Waals surface area contributed by atoms with E-state index >= 15 is 0 Å². The topological polar surface area (TPSA) is 55.3 Å². The first-order valence-electron chi connectivity index (χ1n) is 6.01. The molecule has 2 aromatic rings. The predicted molar refractivity (Wildman–Crippen MR) is 71.1 cm³/mol. The Bertz CT molecular complexity index is 504. The smallest absolute Gasteiger partial charge is 0.298 e. The van der Waals surface area contributed by atoms with Gasteiger partial charge in [0.25, 0.3) is 6.01 Å². The monoisotopic (exact) mass is 233 g/mol. The molecule has 92 valence electrons. The van der Waals surface area contributed by atoms with Crippen LogP contribution in [0.4, 0.5) is 11.7 Å². The molecule has 1 aromatic heterocycles. The molecule has 0 aliphatic carbocycles. The number of oxazole rings is 1. The predicted octanol–water partition coefficient (Wildman–Crippen LogP) is 2.89. The molecule has 4 nitrogen and oxygen atoms in total. The summed E-state index contributed by atoms with van der Waals surface area (Å²) < 4.78 is 5.74. The van der Waals surface area contributed by atoms with Crippen LogP contribution < -0.4 is 10.6 Å². The van der Waals surface area contributed by atoms with Crippen molar-refractivity contribution in [2.75, 3.05) is 23.7 Å². The van der Waals surface area contributed by atoms with Crippen molar-refractivity contribution in [2.45, 2.75) is 20.8 Å². The van der Waals surface area contributed by atoms with E-state index in [0.717, 1.165) is 24.2 Å². The van der Waals surface area contributed by atoms with Gasteiger partial charge >= 0.3 is 0 Å². The third-order valence-electron chi connectivity index (χ3n) is 2.68. The Labute approximate surface area is 101 Å². The van der Waals surface area contributed by atoms with Crippen LogP contribution in [-0.2, 0) is 0 Å². The lowest BCUT2D eigenvalue weighted by atomic mass is 10.2. The van der Waals surface area contributed by atoms with Crippen molar-refractivity contribution in [1.29, 1.82) is 0 Å². The molecule has 0 saturated heterocycles. The fraction of sp³-hybridized carbons (Fsp3) is 0.462. The zero-order valence-electron chi connectivity index (χ0n) is 10.6. The van der Waals surface area contributed by atoms with Gasteiger partial charge in [0.2, 0.25) is 0 Å². The fourth-order valence-electron chi connectivity index (χ4n) is 1.88. The zero-order valence-corrected chi connectivity index (χ0v) is 10.6. The molecule has 0 fully saturated rings. The highest BCUT2D eigenvalue weighted by molar-refractivity contribution is 5.86. The molecule has 0 spiro atoms. The first kappa shape index (κ1) is 11.8. The van der Waals surface area contributed by atoms with E-state index < -0.39 is 0 Å². The van der Waals surface area contributed by atoms with Crippen LogP contribution in [0.25, 0.3) is 11.1 Å². The van der Waals surface area contributed by atoms with Gasteiger partial charge in [0.15, 0.2) is 5.58 Å². The fourth-order valence-corrected chi connectivity index (χ4v) is 1.88. The SMILES string of the molecule is CCN(CC(C)C)c1nc2c(N)cccc2o1. The van der Waals surface area contributed by atoms with E-state index in [1.807, 2.05) is 18.2 Å². The van der Waals surface area contributed by atoms with Gasteiger partial charge in [0, 0.05) is 13.1 Å². The van der Waals surface area contributed by atoms with Crippen LogP contribution in [0.2, 0.25) is 0 Å². The molecule has 0 saturated carbocycles. The summed E-state index contributed by atoms with van der Waals surface area (Å²) in [5.74, 6) is 0.572. The van der Waals surface area contributed by atoms with Gasteiger partial charge in [-0.25, -0.2) is 0 Å². The minimum Gasteiger partial charge on any atom is -0.423 e. The van der Waals surface area contributed by atoms with E-state index in [4.69, 9.17) is 10.2 Å². The Kier molecular flexibility index (Phi) is 3.22. The molecule has 0 amide bonds. The molecule has 2 rings (SSSR count). The van der Waals surface area contributed by atoms with Gasteiger partial charge in [-0.2, -0.15) is 4.98 Å². The molecule has 0 atom stereocenters. The van der Waals surface area contributed by atoms with Crippen molar-refractivity contribution in [3.63, 3.8) is 0 Å². The van der Waals surface area contributed by atoms with E-state index in [1.54, 1.807) is 0 Å². The maximum atomic E-state index is 5.87. The Morgan fingerprint density at radius 2 is 2.18 bits per heavy atom. The number of para-hydroxylation sites is 1. The summed E-state index contributed by atoms with van der Waals surface area (Å²) >= 11 is 0. The number of nitrogens with zero attached hydrogens (tertiary/aromatic N) is 2. The average Bonchev–Trinajstić information content (AvgIpc) is 2.70. The van der Waals surface area contributed by atoms with Crippen LogP contribution in [0.15, 0.2) is 22.6 Å². The number of nitrogen functional groups attached to an aromatic ring is 1. The Morgan fingerprint density at radius 1 is 1.41 bits per heavy atom. The number of benzene rings is 1. The van der Waals surface area contributed by atoms with E-state index in [0.29, 0.717) is 17.6 Å². The van der Waals surface area contributed by atoms with Crippen LogP contribution in [0.5, 0.6) is 0 Å². The first-order valence-corrected chi connectivity index (χ1v) is 6.01. The van der Waals surface area contributed by atoms with E-state index in [1.165, 1.54) is 0 Å². The minimum atomic E-state index is 0.572. The largest absolute Gasteiger partial charge is 0.423 e. The molecular formula is C13H19N3O. The Morgan fingerprint density at radius 3 is 2.76 bits per heavy atom. The molecule has 0 radical (unpaired) electrons. The number of aromatic nitrogens is 1. The quantitative estimate of drug-likeness (QED) is 0.825. The van der Waals surface area contributed by atoms with Crippen molar-refractivity contribution in [3.8, 4) is 0 Å². The lowest BCUT2D eigenvalue weighted by Crippen LogP contribution is -2.27. The molecule has 17 heavy (non-hydrogen) atoms. The third kappa shape index (κ3) is 2.35. The van der Waals surface area contributed by atoms with Crippen LogP contribution in [0.1, 0.15) is 20.8 Å². The highest BCUT2D eigenvalue weighted by atomic mass is 16.4. The summed E-state index contributed by atoms with van der Waals surface area (Å²) in [6, 6.07) is 6.28. The molecule has 1 aromatic carbocycles. The second kappa shape index (κ2) is 4.65. The summed E-state index contributed by atoms with van der Waals surface area (Å²) in [4.78, 5) is 6.60.